The van der Waals surface area contributed by atoms with Crippen LogP contribution in [0.2, 0.25) is 0 Å². The fraction of sp³-hybridized carbons (Fsp3) is 0.278. The molecule has 3 rings (SSSR count). The Morgan fingerprint density at radius 2 is 1.80 bits per heavy atom. The summed E-state index contributed by atoms with van der Waals surface area (Å²) >= 11 is 0. The zero-order valence-electron chi connectivity index (χ0n) is 11.7. The molecule has 0 bridgehead atoms. The summed E-state index contributed by atoms with van der Waals surface area (Å²) in [4.78, 5) is 2.26. The minimum Gasteiger partial charge on any atom is -0.283 e. The number of rotatable bonds is 2. The second-order valence-corrected chi connectivity index (χ2v) is 5.39. The molecule has 0 amide bonds. The molecule has 2 heteroatoms. The Hall–Kier alpha value is -2.11. The molecule has 2 aromatic carbocycles. The Morgan fingerprint density at radius 1 is 1.10 bits per heavy atom. The minimum absolute atomic E-state index is 0.340. The Balaban J connectivity index is 2.08. The van der Waals surface area contributed by atoms with E-state index in [1.54, 1.807) is 0 Å². The van der Waals surface area contributed by atoms with Gasteiger partial charge in [-0.3, -0.25) is 4.90 Å². The molecule has 1 aliphatic heterocycles. The van der Waals surface area contributed by atoms with Gasteiger partial charge in [-0.1, -0.05) is 54.6 Å². The Labute approximate surface area is 120 Å². The number of nitrogens with zero attached hydrogens (tertiary/aromatic N) is 2. The van der Waals surface area contributed by atoms with Crippen molar-refractivity contribution in [2.45, 2.75) is 25.4 Å². The summed E-state index contributed by atoms with van der Waals surface area (Å²) in [6, 6.07) is 21.9. The Kier molecular flexibility index (Phi) is 3.54. The van der Waals surface area contributed by atoms with Crippen molar-refractivity contribution in [2.24, 2.45) is 0 Å². The van der Waals surface area contributed by atoms with Crippen LogP contribution in [-0.2, 0) is 6.54 Å². The summed E-state index contributed by atoms with van der Waals surface area (Å²) in [5.74, 6) is 0.342. The van der Waals surface area contributed by atoms with E-state index in [0.717, 1.165) is 6.54 Å². The largest absolute Gasteiger partial charge is 0.283 e. The van der Waals surface area contributed by atoms with Gasteiger partial charge in [0.1, 0.15) is 0 Å². The van der Waals surface area contributed by atoms with Crippen LogP contribution >= 0.6 is 0 Å². The first-order valence-corrected chi connectivity index (χ1v) is 7.05. The van der Waals surface area contributed by atoms with E-state index in [-0.39, 0.29) is 0 Å². The normalized spacial score (nSPS) is 22.0. The fourth-order valence-electron chi connectivity index (χ4n) is 3.22. The van der Waals surface area contributed by atoms with E-state index >= 15 is 0 Å². The van der Waals surface area contributed by atoms with E-state index in [1.165, 1.54) is 16.7 Å². The van der Waals surface area contributed by atoms with E-state index in [4.69, 9.17) is 5.26 Å². The molecule has 0 N–H and O–H groups in total. The van der Waals surface area contributed by atoms with Gasteiger partial charge in [0.05, 0.1) is 12.6 Å². The summed E-state index contributed by atoms with van der Waals surface area (Å²) in [6.07, 6.45) is 0. The van der Waals surface area contributed by atoms with Gasteiger partial charge < -0.3 is 0 Å². The van der Waals surface area contributed by atoms with E-state index in [0.29, 0.717) is 18.5 Å². The zero-order valence-corrected chi connectivity index (χ0v) is 11.7. The quantitative estimate of drug-likeness (QED) is 0.774. The summed E-state index contributed by atoms with van der Waals surface area (Å²) in [5.41, 5.74) is 4.07. The van der Waals surface area contributed by atoms with Crippen LogP contribution in [0.25, 0.3) is 0 Å². The first-order chi connectivity index (χ1) is 9.81. The van der Waals surface area contributed by atoms with Crippen LogP contribution in [0.1, 0.15) is 29.5 Å². The monoisotopic (exact) mass is 262 g/mol. The van der Waals surface area contributed by atoms with Crippen molar-refractivity contribution in [2.75, 3.05) is 6.54 Å². The van der Waals surface area contributed by atoms with Crippen LogP contribution < -0.4 is 0 Å². The molecule has 1 heterocycles. The lowest BCUT2D eigenvalue weighted by Gasteiger charge is -2.40. The van der Waals surface area contributed by atoms with Crippen molar-refractivity contribution in [1.82, 2.24) is 4.90 Å². The average Bonchev–Trinajstić information content (AvgIpc) is 2.49. The summed E-state index contributed by atoms with van der Waals surface area (Å²) < 4.78 is 0. The average molecular weight is 262 g/mol. The third kappa shape index (κ3) is 2.21. The van der Waals surface area contributed by atoms with Gasteiger partial charge >= 0.3 is 0 Å². The van der Waals surface area contributed by atoms with Gasteiger partial charge in [-0.25, -0.2) is 0 Å². The van der Waals surface area contributed by atoms with Crippen LogP contribution in [0.3, 0.4) is 0 Å². The number of nitriles is 1. The first kappa shape index (κ1) is 12.9. The highest BCUT2D eigenvalue weighted by Crippen LogP contribution is 2.37. The molecule has 100 valence electrons. The van der Waals surface area contributed by atoms with E-state index in [1.807, 2.05) is 0 Å². The van der Waals surface area contributed by atoms with Gasteiger partial charge in [0.25, 0.3) is 0 Å². The SMILES string of the molecule is CC1C(c2ccccc2)c2ccccc2CN1CC#N. The van der Waals surface area contributed by atoms with Crippen molar-refractivity contribution in [3.8, 4) is 6.07 Å². The van der Waals surface area contributed by atoms with Crippen LogP contribution in [0, 0.1) is 11.3 Å². The van der Waals surface area contributed by atoms with Crippen LogP contribution in [0.4, 0.5) is 0 Å². The van der Waals surface area contributed by atoms with Crippen LogP contribution in [-0.4, -0.2) is 17.5 Å². The topological polar surface area (TPSA) is 27.0 Å². The van der Waals surface area contributed by atoms with Crippen molar-refractivity contribution in [3.63, 3.8) is 0 Å². The predicted octanol–water partition coefficient (Wildman–Crippen LogP) is 3.55. The number of hydrogen-bond acceptors (Lipinski definition) is 2. The smallest absolute Gasteiger partial charge is 0.0871 e. The maximum atomic E-state index is 9.05. The molecule has 20 heavy (non-hydrogen) atoms. The molecule has 0 radical (unpaired) electrons. The third-order valence-corrected chi connectivity index (χ3v) is 4.25. The molecule has 2 aromatic rings. The Morgan fingerprint density at radius 3 is 2.55 bits per heavy atom. The number of hydrogen-bond donors (Lipinski definition) is 0. The molecule has 0 saturated heterocycles. The maximum Gasteiger partial charge on any atom is 0.0871 e. The molecule has 2 nitrogen and oxygen atoms in total. The molecule has 1 aliphatic rings. The molecular formula is C18H18N2. The van der Waals surface area contributed by atoms with Gasteiger partial charge in [0.15, 0.2) is 0 Å². The maximum absolute atomic E-state index is 9.05. The second-order valence-electron chi connectivity index (χ2n) is 5.39. The van der Waals surface area contributed by atoms with Crippen molar-refractivity contribution < 1.29 is 0 Å². The minimum atomic E-state index is 0.340. The van der Waals surface area contributed by atoms with Gasteiger partial charge in [0.2, 0.25) is 0 Å². The van der Waals surface area contributed by atoms with E-state index in [9.17, 15) is 0 Å². The summed E-state index contributed by atoms with van der Waals surface area (Å²) in [6.45, 7) is 3.58. The highest BCUT2D eigenvalue weighted by atomic mass is 15.2. The van der Waals surface area contributed by atoms with Gasteiger partial charge in [-0.15, -0.1) is 0 Å². The molecule has 0 aliphatic carbocycles. The number of benzene rings is 2. The molecule has 0 fully saturated rings. The van der Waals surface area contributed by atoms with E-state index < -0.39 is 0 Å². The van der Waals surface area contributed by atoms with Crippen molar-refractivity contribution >= 4 is 0 Å². The predicted molar refractivity (Wildman–Crippen MR) is 80.2 cm³/mol. The lowest BCUT2D eigenvalue weighted by atomic mass is 9.79. The third-order valence-electron chi connectivity index (χ3n) is 4.25. The van der Waals surface area contributed by atoms with Crippen LogP contribution in [0.15, 0.2) is 54.6 Å². The lowest BCUT2D eigenvalue weighted by molar-refractivity contribution is 0.191. The summed E-state index contributed by atoms with van der Waals surface area (Å²) in [7, 11) is 0. The molecule has 2 atom stereocenters. The second kappa shape index (κ2) is 5.48. The molecule has 0 saturated carbocycles. The van der Waals surface area contributed by atoms with Gasteiger partial charge in [-0.05, 0) is 23.6 Å². The van der Waals surface area contributed by atoms with Gasteiger partial charge in [-0.2, -0.15) is 5.26 Å². The van der Waals surface area contributed by atoms with Crippen molar-refractivity contribution in [3.05, 3.63) is 71.3 Å². The molecule has 0 spiro atoms. The summed E-state index contributed by atoms with van der Waals surface area (Å²) in [5, 5.41) is 9.05. The van der Waals surface area contributed by atoms with Crippen molar-refractivity contribution in [1.29, 1.82) is 5.26 Å². The lowest BCUT2D eigenvalue weighted by Crippen LogP contribution is -2.42. The Bertz CT molecular complexity index is 627. The fourth-order valence-corrected chi connectivity index (χ4v) is 3.22. The van der Waals surface area contributed by atoms with E-state index in [2.05, 4.69) is 72.5 Å². The number of fused-ring (bicyclic) bond motifs is 1. The molecule has 2 unspecified atom stereocenters. The highest BCUT2D eigenvalue weighted by Gasteiger charge is 2.32. The standard InChI is InChI=1S/C18H18N2/c1-14-18(15-7-3-2-4-8-15)17-10-6-5-9-16(17)13-20(14)12-11-19/h2-10,14,18H,12-13H2,1H3. The zero-order chi connectivity index (χ0) is 13.9. The van der Waals surface area contributed by atoms with Crippen LogP contribution in [0.5, 0.6) is 0 Å². The molecule has 0 aromatic heterocycles. The first-order valence-electron chi connectivity index (χ1n) is 7.05. The highest BCUT2D eigenvalue weighted by molar-refractivity contribution is 5.41. The molecular weight excluding hydrogens is 244 g/mol. The van der Waals surface area contributed by atoms with Gasteiger partial charge in [0, 0.05) is 18.5 Å².